The molecule has 1 unspecified atom stereocenters. The maximum Gasteiger partial charge on any atom is 0.345 e. The largest absolute Gasteiger partial charge is 0.493 e. The zero-order chi connectivity index (χ0) is 15.9. The van der Waals surface area contributed by atoms with Gasteiger partial charge in [-0.15, -0.1) is 0 Å². The van der Waals surface area contributed by atoms with Crippen LogP contribution in [-0.4, -0.2) is 23.8 Å². The van der Waals surface area contributed by atoms with Gasteiger partial charge in [-0.05, 0) is 48.5 Å². The second-order valence-electron chi connectivity index (χ2n) is 4.49. The molecule has 1 N–H and O–H groups in total. The Morgan fingerprint density at radius 3 is 1.95 bits per heavy atom. The number of aliphatic carboxylic acids is 1. The van der Waals surface area contributed by atoms with E-state index in [1.165, 1.54) is 0 Å². The molecular formula is C16H14Cl2O4. The van der Waals surface area contributed by atoms with Crippen LogP contribution in [0.25, 0.3) is 0 Å². The highest BCUT2D eigenvalue weighted by molar-refractivity contribution is 6.30. The Morgan fingerprint density at radius 2 is 1.45 bits per heavy atom. The number of hydrogen-bond acceptors (Lipinski definition) is 3. The van der Waals surface area contributed by atoms with Gasteiger partial charge in [0.25, 0.3) is 0 Å². The fraction of sp³-hybridized carbons (Fsp3) is 0.188. The number of hydrogen-bond donors (Lipinski definition) is 1. The van der Waals surface area contributed by atoms with E-state index >= 15 is 0 Å². The summed E-state index contributed by atoms with van der Waals surface area (Å²) < 4.78 is 10.9. The van der Waals surface area contributed by atoms with Crippen LogP contribution in [0.15, 0.2) is 48.5 Å². The van der Waals surface area contributed by atoms with Crippen LogP contribution in [0.4, 0.5) is 0 Å². The van der Waals surface area contributed by atoms with Gasteiger partial charge in [-0.3, -0.25) is 0 Å². The molecule has 0 radical (unpaired) electrons. The standard InChI is InChI=1S/C16H14Cl2O4/c17-11-1-5-13(6-2-11)21-10-9-15(16(19)20)22-14-7-3-12(18)4-8-14/h1-8,15H,9-10H2,(H,19,20). The highest BCUT2D eigenvalue weighted by Gasteiger charge is 2.19. The highest BCUT2D eigenvalue weighted by atomic mass is 35.5. The second-order valence-corrected chi connectivity index (χ2v) is 5.36. The van der Waals surface area contributed by atoms with E-state index in [9.17, 15) is 9.90 Å². The normalized spacial score (nSPS) is 11.7. The lowest BCUT2D eigenvalue weighted by molar-refractivity contribution is -0.145. The van der Waals surface area contributed by atoms with Gasteiger partial charge in [0, 0.05) is 16.5 Å². The van der Waals surface area contributed by atoms with Gasteiger partial charge in [0.2, 0.25) is 0 Å². The Hall–Kier alpha value is -1.91. The van der Waals surface area contributed by atoms with Crippen molar-refractivity contribution in [2.24, 2.45) is 0 Å². The molecule has 0 fully saturated rings. The van der Waals surface area contributed by atoms with Gasteiger partial charge in [-0.25, -0.2) is 4.79 Å². The molecule has 0 spiro atoms. The van der Waals surface area contributed by atoms with E-state index in [0.29, 0.717) is 21.5 Å². The number of carboxylic acids is 1. The van der Waals surface area contributed by atoms with E-state index in [1.807, 2.05) is 0 Å². The Kier molecular flexibility index (Phi) is 5.92. The molecule has 4 nitrogen and oxygen atoms in total. The third-order valence-electron chi connectivity index (χ3n) is 2.83. The van der Waals surface area contributed by atoms with Crippen LogP contribution in [0.1, 0.15) is 6.42 Å². The predicted molar refractivity (Wildman–Crippen MR) is 85.1 cm³/mol. The molecule has 22 heavy (non-hydrogen) atoms. The van der Waals surface area contributed by atoms with Crippen LogP contribution in [-0.2, 0) is 4.79 Å². The molecule has 0 heterocycles. The zero-order valence-electron chi connectivity index (χ0n) is 11.5. The summed E-state index contributed by atoms with van der Waals surface area (Å²) in [6.45, 7) is 0.214. The van der Waals surface area contributed by atoms with Crippen LogP contribution in [0, 0.1) is 0 Å². The van der Waals surface area contributed by atoms with E-state index in [0.717, 1.165) is 0 Å². The Labute approximate surface area is 138 Å². The summed E-state index contributed by atoms with van der Waals surface area (Å²) in [5.74, 6) is 0.0259. The van der Waals surface area contributed by atoms with Crippen molar-refractivity contribution in [2.45, 2.75) is 12.5 Å². The number of rotatable bonds is 7. The summed E-state index contributed by atoms with van der Waals surface area (Å²) in [4.78, 5) is 11.2. The van der Waals surface area contributed by atoms with Crippen molar-refractivity contribution in [1.82, 2.24) is 0 Å². The van der Waals surface area contributed by atoms with Crippen LogP contribution in [0.2, 0.25) is 10.0 Å². The first kappa shape index (κ1) is 16.5. The molecule has 0 aromatic heterocycles. The third kappa shape index (κ3) is 5.13. The molecule has 0 saturated carbocycles. The molecule has 116 valence electrons. The number of carbonyl (C=O) groups is 1. The van der Waals surface area contributed by atoms with Crippen molar-refractivity contribution < 1.29 is 19.4 Å². The molecule has 0 bridgehead atoms. The SMILES string of the molecule is O=C(O)C(CCOc1ccc(Cl)cc1)Oc1ccc(Cl)cc1. The fourth-order valence-corrected chi connectivity index (χ4v) is 1.98. The third-order valence-corrected chi connectivity index (χ3v) is 3.33. The first-order valence-electron chi connectivity index (χ1n) is 6.58. The fourth-order valence-electron chi connectivity index (χ4n) is 1.72. The molecule has 0 aliphatic heterocycles. The number of halogens is 2. The van der Waals surface area contributed by atoms with Gasteiger partial charge in [0.15, 0.2) is 6.10 Å². The molecule has 0 saturated heterocycles. The molecule has 2 rings (SSSR count). The summed E-state index contributed by atoms with van der Waals surface area (Å²) in [6, 6.07) is 13.4. The number of carboxylic acid groups (broad SMARTS) is 1. The summed E-state index contributed by atoms with van der Waals surface area (Å²) in [5, 5.41) is 10.4. The average Bonchev–Trinajstić information content (AvgIpc) is 2.50. The topological polar surface area (TPSA) is 55.8 Å². The van der Waals surface area contributed by atoms with Gasteiger partial charge in [0.1, 0.15) is 11.5 Å². The molecule has 0 amide bonds. The van der Waals surface area contributed by atoms with Gasteiger partial charge in [-0.1, -0.05) is 23.2 Å². The first-order chi connectivity index (χ1) is 10.5. The minimum absolute atomic E-state index is 0.209. The minimum Gasteiger partial charge on any atom is -0.493 e. The molecule has 0 aliphatic rings. The zero-order valence-corrected chi connectivity index (χ0v) is 13.1. The van der Waals surface area contributed by atoms with Crippen LogP contribution in [0.3, 0.4) is 0 Å². The summed E-state index contributed by atoms with van der Waals surface area (Å²) >= 11 is 11.5. The Morgan fingerprint density at radius 1 is 0.955 bits per heavy atom. The Balaban J connectivity index is 1.87. The summed E-state index contributed by atoms with van der Waals surface area (Å²) in [7, 11) is 0. The average molecular weight is 341 g/mol. The van der Waals surface area contributed by atoms with Crippen molar-refractivity contribution in [3.05, 3.63) is 58.6 Å². The summed E-state index contributed by atoms with van der Waals surface area (Å²) in [6.07, 6.45) is -0.783. The highest BCUT2D eigenvalue weighted by Crippen LogP contribution is 2.19. The molecular weight excluding hydrogens is 327 g/mol. The van der Waals surface area contributed by atoms with Crippen molar-refractivity contribution in [1.29, 1.82) is 0 Å². The number of ether oxygens (including phenoxy) is 2. The quantitative estimate of drug-likeness (QED) is 0.816. The summed E-state index contributed by atoms with van der Waals surface area (Å²) in [5.41, 5.74) is 0. The molecule has 2 aromatic carbocycles. The van der Waals surface area contributed by atoms with Crippen molar-refractivity contribution in [3.8, 4) is 11.5 Å². The van der Waals surface area contributed by atoms with Gasteiger partial charge < -0.3 is 14.6 Å². The Bertz CT molecular complexity index is 611. The second kappa shape index (κ2) is 7.92. The molecule has 0 aliphatic carbocycles. The van der Waals surface area contributed by atoms with E-state index in [4.69, 9.17) is 32.7 Å². The van der Waals surface area contributed by atoms with Crippen molar-refractivity contribution in [2.75, 3.05) is 6.61 Å². The van der Waals surface area contributed by atoms with Crippen LogP contribution < -0.4 is 9.47 Å². The maximum absolute atomic E-state index is 11.2. The minimum atomic E-state index is -1.05. The van der Waals surface area contributed by atoms with Gasteiger partial charge in [-0.2, -0.15) is 0 Å². The smallest absolute Gasteiger partial charge is 0.345 e. The molecule has 6 heteroatoms. The van der Waals surface area contributed by atoms with Crippen molar-refractivity contribution in [3.63, 3.8) is 0 Å². The van der Waals surface area contributed by atoms with E-state index < -0.39 is 12.1 Å². The van der Waals surface area contributed by atoms with E-state index in [-0.39, 0.29) is 13.0 Å². The number of benzene rings is 2. The lowest BCUT2D eigenvalue weighted by atomic mass is 10.2. The maximum atomic E-state index is 11.2. The predicted octanol–water partition coefficient (Wildman–Crippen LogP) is 4.29. The monoisotopic (exact) mass is 340 g/mol. The van der Waals surface area contributed by atoms with Gasteiger partial charge >= 0.3 is 5.97 Å². The van der Waals surface area contributed by atoms with Crippen LogP contribution >= 0.6 is 23.2 Å². The first-order valence-corrected chi connectivity index (χ1v) is 7.33. The lowest BCUT2D eigenvalue weighted by Gasteiger charge is -2.15. The van der Waals surface area contributed by atoms with Crippen LogP contribution in [0.5, 0.6) is 11.5 Å². The van der Waals surface area contributed by atoms with E-state index in [2.05, 4.69) is 0 Å². The lowest BCUT2D eigenvalue weighted by Crippen LogP contribution is -2.29. The van der Waals surface area contributed by atoms with Crippen molar-refractivity contribution >= 4 is 29.2 Å². The molecule has 1 atom stereocenters. The molecule has 2 aromatic rings. The van der Waals surface area contributed by atoms with E-state index in [1.54, 1.807) is 48.5 Å². The van der Waals surface area contributed by atoms with Gasteiger partial charge in [0.05, 0.1) is 6.61 Å².